The molecule has 0 heterocycles. The van der Waals surface area contributed by atoms with E-state index in [9.17, 15) is 8.78 Å². The average Bonchev–Trinajstić information content (AvgIpc) is 2.15. The van der Waals surface area contributed by atoms with Gasteiger partial charge in [-0.05, 0) is 19.3 Å². The second-order valence-corrected chi connectivity index (χ2v) is 2.60. The Bertz CT molecular complexity index is 107. The van der Waals surface area contributed by atoms with Gasteiger partial charge in [-0.25, -0.2) is 8.78 Å². The summed E-state index contributed by atoms with van der Waals surface area (Å²) in [4.78, 5) is 0. The van der Waals surface area contributed by atoms with Gasteiger partial charge in [0, 0.05) is 6.54 Å². The minimum atomic E-state index is -1.69. The van der Waals surface area contributed by atoms with Gasteiger partial charge in [0.2, 0.25) is 0 Å². The van der Waals surface area contributed by atoms with E-state index >= 15 is 0 Å². The minimum Gasteiger partial charge on any atom is -0.327 e. The second kappa shape index (κ2) is 2.21. The first-order valence-corrected chi connectivity index (χ1v) is 3.22. The summed E-state index contributed by atoms with van der Waals surface area (Å²) in [7, 11) is 0. The fraction of sp³-hybridized carbons (Fsp3) is 1.00. The predicted octanol–water partition coefficient (Wildman–Crippen LogP) is 1.18. The molecule has 9 heavy (non-hydrogen) atoms. The molecule has 0 radical (unpaired) electrons. The van der Waals surface area contributed by atoms with E-state index in [1.165, 1.54) is 0 Å². The van der Waals surface area contributed by atoms with Crippen LogP contribution in [0.2, 0.25) is 0 Å². The lowest BCUT2D eigenvalue weighted by Gasteiger charge is -2.18. The minimum absolute atomic E-state index is 0.172. The Morgan fingerprint density at radius 3 is 2.56 bits per heavy atom. The maximum Gasteiger partial charge on any atom is 0.154 e. The van der Waals surface area contributed by atoms with Gasteiger partial charge in [0.25, 0.3) is 0 Å². The Balaban J connectivity index is 2.56. The van der Waals surface area contributed by atoms with E-state index in [-0.39, 0.29) is 6.54 Å². The lowest BCUT2D eigenvalue weighted by atomic mass is 10.0. The third-order valence-corrected chi connectivity index (χ3v) is 1.95. The van der Waals surface area contributed by atoms with E-state index in [0.717, 1.165) is 0 Å². The molecular formula is C6H11F2N. The van der Waals surface area contributed by atoms with Crippen molar-refractivity contribution in [2.75, 3.05) is 6.54 Å². The fourth-order valence-corrected chi connectivity index (χ4v) is 1.22. The number of nitrogens with two attached hydrogens (primary N) is 1. The molecule has 54 valence electrons. The van der Waals surface area contributed by atoms with Gasteiger partial charge in [-0.15, -0.1) is 0 Å². The first kappa shape index (κ1) is 6.93. The smallest absolute Gasteiger partial charge is 0.154 e. The van der Waals surface area contributed by atoms with Gasteiger partial charge in [0.05, 0.1) is 0 Å². The Labute approximate surface area is 53.2 Å². The van der Waals surface area contributed by atoms with Gasteiger partial charge >= 0.3 is 0 Å². The van der Waals surface area contributed by atoms with Crippen LogP contribution in [-0.2, 0) is 0 Å². The van der Waals surface area contributed by atoms with Gasteiger partial charge in [-0.3, -0.25) is 0 Å². The van der Waals surface area contributed by atoms with E-state index < -0.39 is 11.8 Å². The molecule has 2 atom stereocenters. The molecule has 1 nitrogen and oxygen atoms in total. The van der Waals surface area contributed by atoms with Crippen molar-refractivity contribution in [2.45, 2.75) is 31.1 Å². The van der Waals surface area contributed by atoms with Crippen LogP contribution in [0.15, 0.2) is 0 Å². The summed E-state index contributed by atoms with van der Waals surface area (Å²) < 4.78 is 25.5. The molecule has 3 heteroatoms. The molecule has 0 saturated heterocycles. The first-order chi connectivity index (χ1) is 4.19. The highest BCUT2D eigenvalue weighted by molar-refractivity contribution is 4.93. The summed E-state index contributed by atoms with van der Waals surface area (Å²) in [6, 6.07) is 0. The van der Waals surface area contributed by atoms with Crippen molar-refractivity contribution in [1.29, 1.82) is 0 Å². The number of rotatable bonds is 1. The molecule has 0 bridgehead atoms. The third-order valence-electron chi connectivity index (χ3n) is 1.95. The SMILES string of the molecule is NCC1(F)CCCC1F. The lowest BCUT2D eigenvalue weighted by Crippen LogP contribution is -2.37. The maximum absolute atomic E-state index is 12.9. The van der Waals surface area contributed by atoms with Gasteiger partial charge in [-0.2, -0.15) is 0 Å². The van der Waals surface area contributed by atoms with Crippen LogP contribution in [0, 0.1) is 0 Å². The second-order valence-electron chi connectivity index (χ2n) is 2.60. The van der Waals surface area contributed by atoms with E-state index in [4.69, 9.17) is 5.73 Å². The predicted molar refractivity (Wildman–Crippen MR) is 31.6 cm³/mol. The number of halogens is 2. The summed E-state index contributed by atoms with van der Waals surface area (Å²) in [5.41, 5.74) is 3.35. The molecule has 2 unspecified atom stereocenters. The molecule has 0 amide bonds. The molecule has 1 saturated carbocycles. The van der Waals surface area contributed by atoms with Crippen LogP contribution in [0.1, 0.15) is 19.3 Å². The fourth-order valence-electron chi connectivity index (χ4n) is 1.22. The van der Waals surface area contributed by atoms with Crippen molar-refractivity contribution in [3.63, 3.8) is 0 Å². The average molecular weight is 135 g/mol. The highest BCUT2D eigenvalue weighted by Gasteiger charge is 2.42. The van der Waals surface area contributed by atoms with Crippen molar-refractivity contribution in [1.82, 2.24) is 0 Å². The molecule has 0 aromatic carbocycles. The summed E-state index contributed by atoms with van der Waals surface area (Å²) >= 11 is 0. The molecule has 1 aliphatic rings. The maximum atomic E-state index is 12.9. The number of alkyl halides is 2. The van der Waals surface area contributed by atoms with Gasteiger partial charge < -0.3 is 5.73 Å². The number of hydrogen-bond donors (Lipinski definition) is 1. The molecule has 0 aromatic heterocycles. The van der Waals surface area contributed by atoms with E-state index in [1.54, 1.807) is 0 Å². The Kier molecular flexibility index (Phi) is 1.70. The van der Waals surface area contributed by atoms with Crippen molar-refractivity contribution in [3.05, 3.63) is 0 Å². The van der Waals surface area contributed by atoms with Gasteiger partial charge in [0.1, 0.15) is 6.17 Å². The lowest BCUT2D eigenvalue weighted by molar-refractivity contribution is 0.0861. The van der Waals surface area contributed by atoms with Crippen molar-refractivity contribution in [3.8, 4) is 0 Å². The molecular weight excluding hydrogens is 124 g/mol. The van der Waals surface area contributed by atoms with E-state index in [1.807, 2.05) is 0 Å². The normalized spacial score (nSPS) is 43.7. The summed E-state index contributed by atoms with van der Waals surface area (Å²) in [5, 5.41) is 0. The van der Waals surface area contributed by atoms with Gasteiger partial charge in [-0.1, -0.05) is 0 Å². The van der Waals surface area contributed by atoms with Crippen molar-refractivity contribution < 1.29 is 8.78 Å². The van der Waals surface area contributed by atoms with Crippen LogP contribution in [0.25, 0.3) is 0 Å². The third kappa shape index (κ3) is 1.06. The first-order valence-electron chi connectivity index (χ1n) is 3.22. The number of hydrogen-bond acceptors (Lipinski definition) is 1. The zero-order chi connectivity index (χ0) is 6.91. The monoisotopic (exact) mass is 135 g/mol. The Hall–Kier alpha value is -0.180. The van der Waals surface area contributed by atoms with Crippen LogP contribution in [0.5, 0.6) is 0 Å². The summed E-state index contributed by atoms with van der Waals surface area (Å²) in [5.74, 6) is 0. The quantitative estimate of drug-likeness (QED) is 0.574. The zero-order valence-corrected chi connectivity index (χ0v) is 5.24. The molecule has 1 rings (SSSR count). The van der Waals surface area contributed by atoms with Crippen LogP contribution < -0.4 is 5.73 Å². The van der Waals surface area contributed by atoms with Crippen molar-refractivity contribution in [2.24, 2.45) is 5.73 Å². The Morgan fingerprint density at radius 1 is 1.67 bits per heavy atom. The molecule has 0 aromatic rings. The van der Waals surface area contributed by atoms with Gasteiger partial charge in [0.15, 0.2) is 5.67 Å². The Morgan fingerprint density at radius 2 is 2.33 bits per heavy atom. The molecule has 2 N–H and O–H groups in total. The molecule has 0 spiro atoms. The zero-order valence-electron chi connectivity index (χ0n) is 5.24. The van der Waals surface area contributed by atoms with Crippen molar-refractivity contribution >= 4 is 0 Å². The van der Waals surface area contributed by atoms with Crippen LogP contribution in [-0.4, -0.2) is 18.4 Å². The molecule has 1 fully saturated rings. The largest absolute Gasteiger partial charge is 0.327 e. The highest BCUT2D eigenvalue weighted by Crippen LogP contribution is 2.34. The van der Waals surface area contributed by atoms with Crippen LogP contribution >= 0.6 is 0 Å². The molecule has 1 aliphatic carbocycles. The van der Waals surface area contributed by atoms with Crippen LogP contribution in [0.4, 0.5) is 8.78 Å². The summed E-state index contributed by atoms with van der Waals surface area (Å²) in [6.07, 6.45) is -0.0461. The summed E-state index contributed by atoms with van der Waals surface area (Å²) in [6.45, 7) is -0.172. The van der Waals surface area contributed by atoms with E-state index in [2.05, 4.69) is 0 Å². The standard InChI is InChI=1S/C6H11F2N/c7-5-2-1-3-6(5,8)4-9/h5H,1-4,9H2. The highest BCUT2D eigenvalue weighted by atomic mass is 19.2. The molecule has 0 aliphatic heterocycles. The van der Waals surface area contributed by atoms with E-state index in [0.29, 0.717) is 19.3 Å². The topological polar surface area (TPSA) is 26.0 Å². The van der Waals surface area contributed by atoms with Crippen LogP contribution in [0.3, 0.4) is 0 Å².